The zero-order chi connectivity index (χ0) is 20.0. The quantitative estimate of drug-likeness (QED) is 0.602. The number of benzene rings is 2. The smallest absolute Gasteiger partial charge is 0.308 e. The molecule has 2 amide bonds. The van der Waals surface area contributed by atoms with Crippen molar-refractivity contribution in [1.29, 1.82) is 0 Å². The molecule has 2 aromatic carbocycles. The standard InChI is InChI=1S/C20H22N2O5/c1-12-5-7-17(9-13(12)2)26-11-20(25)22-18-8-6-16(21-14(3)23)10-19(18)27-15(4)24/h5-10H,11H2,1-4H3,(H,21,23)(H,22,25). The maximum atomic E-state index is 12.2. The molecule has 0 fully saturated rings. The van der Waals surface area contributed by atoms with Gasteiger partial charge in [-0.05, 0) is 49.2 Å². The van der Waals surface area contributed by atoms with Gasteiger partial charge in [-0.15, -0.1) is 0 Å². The molecule has 0 atom stereocenters. The highest BCUT2D eigenvalue weighted by atomic mass is 16.5. The molecule has 0 saturated heterocycles. The van der Waals surface area contributed by atoms with Gasteiger partial charge in [0.25, 0.3) is 5.91 Å². The molecule has 0 radical (unpaired) electrons. The van der Waals surface area contributed by atoms with E-state index in [9.17, 15) is 14.4 Å². The Morgan fingerprint density at radius 3 is 2.30 bits per heavy atom. The Hall–Kier alpha value is -3.35. The van der Waals surface area contributed by atoms with Crippen molar-refractivity contribution in [2.45, 2.75) is 27.7 Å². The summed E-state index contributed by atoms with van der Waals surface area (Å²) < 4.78 is 10.6. The molecular weight excluding hydrogens is 348 g/mol. The third-order valence-corrected chi connectivity index (χ3v) is 3.68. The number of hydrogen-bond donors (Lipinski definition) is 2. The van der Waals surface area contributed by atoms with E-state index in [0.717, 1.165) is 11.1 Å². The lowest BCUT2D eigenvalue weighted by Crippen LogP contribution is -2.21. The van der Waals surface area contributed by atoms with Crippen molar-refractivity contribution >= 4 is 29.2 Å². The van der Waals surface area contributed by atoms with Crippen molar-refractivity contribution in [2.75, 3.05) is 17.2 Å². The Kier molecular flexibility index (Phi) is 6.54. The largest absolute Gasteiger partial charge is 0.484 e. The predicted molar refractivity (Wildman–Crippen MR) is 102 cm³/mol. The van der Waals surface area contributed by atoms with Crippen molar-refractivity contribution in [3.05, 3.63) is 47.5 Å². The molecule has 0 saturated carbocycles. The Morgan fingerprint density at radius 2 is 1.67 bits per heavy atom. The summed E-state index contributed by atoms with van der Waals surface area (Å²) in [6.45, 7) is 6.37. The van der Waals surface area contributed by atoms with Crippen LogP contribution in [0.15, 0.2) is 36.4 Å². The van der Waals surface area contributed by atoms with Crippen LogP contribution in [0.2, 0.25) is 0 Å². The highest BCUT2D eigenvalue weighted by Crippen LogP contribution is 2.28. The molecule has 7 nitrogen and oxygen atoms in total. The van der Waals surface area contributed by atoms with Crippen molar-refractivity contribution in [2.24, 2.45) is 0 Å². The number of nitrogens with one attached hydrogen (secondary N) is 2. The third-order valence-electron chi connectivity index (χ3n) is 3.68. The molecule has 2 aromatic rings. The van der Waals surface area contributed by atoms with E-state index in [-0.39, 0.29) is 18.3 Å². The van der Waals surface area contributed by atoms with Crippen LogP contribution in [0.1, 0.15) is 25.0 Å². The van der Waals surface area contributed by atoms with Crippen molar-refractivity contribution < 1.29 is 23.9 Å². The van der Waals surface area contributed by atoms with Crippen LogP contribution in [0.25, 0.3) is 0 Å². The molecule has 0 aliphatic carbocycles. The summed E-state index contributed by atoms with van der Waals surface area (Å²) in [7, 11) is 0. The van der Waals surface area contributed by atoms with E-state index in [0.29, 0.717) is 17.1 Å². The van der Waals surface area contributed by atoms with Crippen LogP contribution in [-0.4, -0.2) is 24.4 Å². The van der Waals surface area contributed by atoms with E-state index in [2.05, 4.69) is 10.6 Å². The van der Waals surface area contributed by atoms with Gasteiger partial charge in [0.15, 0.2) is 12.4 Å². The van der Waals surface area contributed by atoms with Crippen LogP contribution in [0.4, 0.5) is 11.4 Å². The lowest BCUT2D eigenvalue weighted by Gasteiger charge is -2.13. The molecule has 0 aliphatic rings. The molecule has 27 heavy (non-hydrogen) atoms. The first-order chi connectivity index (χ1) is 12.7. The average molecular weight is 370 g/mol. The summed E-state index contributed by atoms with van der Waals surface area (Å²) in [5.74, 6) is -0.490. The first-order valence-electron chi connectivity index (χ1n) is 8.34. The number of carbonyl (C=O) groups is 3. The topological polar surface area (TPSA) is 93.7 Å². The number of ether oxygens (including phenoxy) is 2. The van der Waals surface area contributed by atoms with Gasteiger partial charge in [-0.25, -0.2) is 0 Å². The monoisotopic (exact) mass is 370 g/mol. The number of esters is 1. The van der Waals surface area contributed by atoms with E-state index in [1.807, 2.05) is 26.0 Å². The number of aryl methyl sites for hydroxylation is 2. The summed E-state index contributed by atoms with van der Waals surface area (Å²) in [6, 6.07) is 10.2. The van der Waals surface area contributed by atoms with Crippen molar-refractivity contribution in [3.63, 3.8) is 0 Å². The molecule has 0 heterocycles. The van der Waals surface area contributed by atoms with Gasteiger partial charge in [-0.3, -0.25) is 14.4 Å². The molecule has 0 aromatic heterocycles. The maximum Gasteiger partial charge on any atom is 0.308 e. The number of carbonyl (C=O) groups excluding carboxylic acids is 3. The summed E-state index contributed by atoms with van der Waals surface area (Å²) in [5.41, 5.74) is 2.95. The van der Waals surface area contributed by atoms with E-state index < -0.39 is 11.9 Å². The normalized spacial score (nSPS) is 10.1. The second-order valence-corrected chi connectivity index (χ2v) is 6.07. The first kappa shape index (κ1) is 20.0. The van der Waals surface area contributed by atoms with Crippen LogP contribution < -0.4 is 20.1 Å². The highest BCUT2D eigenvalue weighted by Gasteiger charge is 2.12. The van der Waals surface area contributed by atoms with E-state index in [1.165, 1.54) is 26.0 Å². The average Bonchev–Trinajstić information content (AvgIpc) is 2.57. The van der Waals surface area contributed by atoms with Crippen LogP contribution in [0.3, 0.4) is 0 Å². The van der Waals surface area contributed by atoms with Crippen LogP contribution >= 0.6 is 0 Å². The Labute approximate surface area is 157 Å². The fourth-order valence-corrected chi connectivity index (χ4v) is 2.28. The zero-order valence-corrected chi connectivity index (χ0v) is 15.7. The second kappa shape index (κ2) is 8.84. The van der Waals surface area contributed by atoms with Gasteiger partial charge < -0.3 is 20.1 Å². The van der Waals surface area contributed by atoms with Crippen molar-refractivity contribution in [1.82, 2.24) is 0 Å². The minimum atomic E-state index is -0.545. The number of rotatable bonds is 6. The minimum Gasteiger partial charge on any atom is -0.484 e. The molecule has 142 valence electrons. The second-order valence-electron chi connectivity index (χ2n) is 6.07. The number of amides is 2. The number of anilines is 2. The molecular formula is C20H22N2O5. The fourth-order valence-electron chi connectivity index (χ4n) is 2.28. The molecule has 0 unspecified atom stereocenters. The van der Waals surface area contributed by atoms with Gasteiger partial charge >= 0.3 is 5.97 Å². The molecule has 2 N–H and O–H groups in total. The van der Waals surface area contributed by atoms with E-state index >= 15 is 0 Å². The highest BCUT2D eigenvalue weighted by molar-refractivity contribution is 5.95. The van der Waals surface area contributed by atoms with E-state index in [1.54, 1.807) is 12.1 Å². The van der Waals surface area contributed by atoms with Crippen LogP contribution in [0, 0.1) is 13.8 Å². The minimum absolute atomic E-state index is 0.133. The number of hydrogen-bond acceptors (Lipinski definition) is 5. The van der Waals surface area contributed by atoms with Crippen LogP contribution in [0.5, 0.6) is 11.5 Å². The van der Waals surface area contributed by atoms with Gasteiger partial charge in [-0.2, -0.15) is 0 Å². The molecule has 7 heteroatoms. The maximum absolute atomic E-state index is 12.2. The van der Waals surface area contributed by atoms with Crippen LogP contribution in [-0.2, 0) is 14.4 Å². The van der Waals surface area contributed by atoms with E-state index in [4.69, 9.17) is 9.47 Å². The summed E-state index contributed by atoms with van der Waals surface area (Å²) in [6.07, 6.45) is 0. The van der Waals surface area contributed by atoms with Crippen molar-refractivity contribution in [3.8, 4) is 11.5 Å². The fraction of sp³-hybridized carbons (Fsp3) is 0.250. The Bertz CT molecular complexity index is 877. The molecule has 0 bridgehead atoms. The lowest BCUT2D eigenvalue weighted by molar-refractivity contribution is -0.132. The van der Waals surface area contributed by atoms with Gasteiger partial charge in [0.1, 0.15) is 5.75 Å². The van der Waals surface area contributed by atoms with Gasteiger partial charge in [-0.1, -0.05) is 6.07 Å². The summed E-state index contributed by atoms with van der Waals surface area (Å²) in [5, 5.41) is 5.23. The van der Waals surface area contributed by atoms with Gasteiger partial charge in [0.05, 0.1) is 5.69 Å². The van der Waals surface area contributed by atoms with Gasteiger partial charge in [0.2, 0.25) is 5.91 Å². The lowest BCUT2D eigenvalue weighted by atomic mass is 10.1. The predicted octanol–water partition coefficient (Wildman–Crippen LogP) is 3.20. The Morgan fingerprint density at radius 1 is 0.926 bits per heavy atom. The zero-order valence-electron chi connectivity index (χ0n) is 15.7. The summed E-state index contributed by atoms with van der Waals surface area (Å²) in [4.78, 5) is 34.7. The molecule has 2 rings (SSSR count). The molecule has 0 aliphatic heterocycles. The Balaban J connectivity index is 2.07. The SMILES string of the molecule is CC(=O)Nc1ccc(NC(=O)COc2ccc(C)c(C)c2)c(OC(C)=O)c1. The first-order valence-corrected chi connectivity index (χ1v) is 8.34. The summed E-state index contributed by atoms with van der Waals surface area (Å²) >= 11 is 0. The van der Waals surface area contributed by atoms with Gasteiger partial charge in [0, 0.05) is 25.6 Å². The third kappa shape index (κ3) is 6.14. The molecule has 0 spiro atoms.